The number of nitrogens with zero attached hydrogens (tertiary/aromatic N) is 5. The molecule has 3 atom stereocenters. The monoisotopic (exact) mass is 468 g/mol. The van der Waals surface area contributed by atoms with Crippen LogP contribution in [0, 0.1) is 25.7 Å². The number of amides is 1. The van der Waals surface area contributed by atoms with Gasteiger partial charge in [-0.25, -0.2) is 19.9 Å². The fourth-order valence-electron chi connectivity index (χ4n) is 4.96. The highest BCUT2D eigenvalue weighted by atomic mass is 19.4. The summed E-state index contributed by atoms with van der Waals surface area (Å²) in [5.41, 5.74) is 7.00. The van der Waals surface area contributed by atoms with Crippen LogP contribution in [-0.4, -0.2) is 37.3 Å². The van der Waals surface area contributed by atoms with Gasteiger partial charge in [0.15, 0.2) is 5.82 Å². The van der Waals surface area contributed by atoms with Gasteiger partial charge in [0.25, 0.3) is 5.91 Å². The predicted octanol–water partition coefficient (Wildman–Crippen LogP) is 4.37. The molecule has 1 saturated carbocycles. The van der Waals surface area contributed by atoms with E-state index in [0.717, 1.165) is 12.6 Å². The summed E-state index contributed by atoms with van der Waals surface area (Å²) in [6.45, 7) is 3.61. The first kappa shape index (κ1) is 22.2. The Morgan fingerprint density at radius 1 is 1.09 bits per heavy atom. The lowest BCUT2D eigenvalue weighted by molar-refractivity contribution is -0.138. The molecule has 2 fully saturated rings. The van der Waals surface area contributed by atoms with E-state index in [1.165, 1.54) is 6.92 Å². The van der Waals surface area contributed by atoms with Crippen molar-refractivity contribution in [3.8, 4) is 11.4 Å². The summed E-state index contributed by atoms with van der Waals surface area (Å²) >= 11 is 0. The molecule has 4 heterocycles. The normalized spacial score (nSPS) is 21.8. The SMILES string of the molecule is Cc1cc(-c2ncccn2)cc(C(=O)N2CC3CC3CC2c2c(N)ncc(C(F)(F)F)c2C)n1. The molecule has 3 unspecified atom stereocenters. The van der Waals surface area contributed by atoms with E-state index in [1.54, 1.807) is 42.4 Å². The van der Waals surface area contributed by atoms with Crippen molar-refractivity contribution >= 4 is 11.7 Å². The number of hydrogen-bond acceptors (Lipinski definition) is 6. The Morgan fingerprint density at radius 3 is 2.53 bits per heavy atom. The number of alkyl halides is 3. The van der Waals surface area contributed by atoms with Crippen molar-refractivity contribution in [2.75, 3.05) is 12.3 Å². The third kappa shape index (κ3) is 3.97. The van der Waals surface area contributed by atoms with E-state index >= 15 is 0 Å². The lowest BCUT2D eigenvalue weighted by Gasteiger charge is -2.37. The first-order valence-corrected chi connectivity index (χ1v) is 11.0. The van der Waals surface area contributed by atoms with Gasteiger partial charge in [0.2, 0.25) is 0 Å². The van der Waals surface area contributed by atoms with Crippen LogP contribution in [-0.2, 0) is 6.18 Å². The molecule has 3 aromatic heterocycles. The van der Waals surface area contributed by atoms with E-state index in [4.69, 9.17) is 5.73 Å². The summed E-state index contributed by atoms with van der Waals surface area (Å²) in [6.07, 6.45) is 0.908. The molecule has 7 nitrogen and oxygen atoms in total. The Bertz CT molecular complexity index is 1260. The molecule has 10 heteroatoms. The van der Waals surface area contributed by atoms with Gasteiger partial charge in [-0.2, -0.15) is 13.2 Å². The number of nitrogens with two attached hydrogens (primary N) is 1. The lowest BCUT2D eigenvalue weighted by Crippen LogP contribution is -2.41. The van der Waals surface area contributed by atoms with Crippen LogP contribution >= 0.6 is 0 Å². The van der Waals surface area contributed by atoms with E-state index in [1.807, 2.05) is 0 Å². The summed E-state index contributed by atoms with van der Waals surface area (Å²) in [4.78, 5) is 32.1. The maximum absolute atomic E-state index is 13.7. The first-order valence-electron chi connectivity index (χ1n) is 11.0. The molecule has 1 aliphatic carbocycles. The lowest BCUT2D eigenvalue weighted by atomic mass is 9.90. The van der Waals surface area contributed by atoms with Crippen LogP contribution in [0.25, 0.3) is 11.4 Å². The minimum atomic E-state index is -4.56. The number of aromatic nitrogens is 4. The number of aryl methyl sites for hydroxylation is 1. The summed E-state index contributed by atoms with van der Waals surface area (Å²) in [5.74, 6) is 0.820. The van der Waals surface area contributed by atoms with Crippen molar-refractivity contribution in [1.29, 1.82) is 0 Å². The molecule has 1 aliphatic heterocycles. The van der Waals surface area contributed by atoms with Crippen LogP contribution in [0.2, 0.25) is 0 Å². The third-order valence-electron chi connectivity index (χ3n) is 6.72. The molecule has 0 aromatic carbocycles. The number of pyridine rings is 2. The Kier molecular flexibility index (Phi) is 5.26. The average Bonchev–Trinajstić information content (AvgIpc) is 3.56. The van der Waals surface area contributed by atoms with Crippen molar-refractivity contribution in [2.24, 2.45) is 11.8 Å². The summed E-state index contributed by atoms with van der Waals surface area (Å²) in [6, 6.07) is 4.51. The van der Waals surface area contributed by atoms with Gasteiger partial charge in [0, 0.05) is 42.0 Å². The molecule has 5 rings (SSSR count). The first-order chi connectivity index (χ1) is 16.1. The Morgan fingerprint density at radius 2 is 1.82 bits per heavy atom. The van der Waals surface area contributed by atoms with Crippen LogP contribution in [0.1, 0.15) is 51.8 Å². The molecule has 2 aliphatic rings. The van der Waals surface area contributed by atoms with Gasteiger partial charge in [-0.1, -0.05) is 0 Å². The van der Waals surface area contributed by atoms with Crippen LogP contribution in [0.5, 0.6) is 0 Å². The molecule has 1 saturated heterocycles. The number of carbonyl (C=O) groups is 1. The van der Waals surface area contributed by atoms with Crippen molar-refractivity contribution in [2.45, 2.75) is 38.9 Å². The van der Waals surface area contributed by atoms with Gasteiger partial charge >= 0.3 is 6.18 Å². The fourth-order valence-corrected chi connectivity index (χ4v) is 4.96. The highest BCUT2D eigenvalue weighted by Gasteiger charge is 2.49. The molecule has 1 amide bonds. The van der Waals surface area contributed by atoms with Crippen molar-refractivity contribution in [3.63, 3.8) is 0 Å². The quantitative estimate of drug-likeness (QED) is 0.613. The molecule has 0 spiro atoms. The molecule has 34 heavy (non-hydrogen) atoms. The van der Waals surface area contributed by atoms with Gasteiger partial charge in [-0.15, -0.1) is 0 Å². The topological polar surface area (TPSA) is 97.9 Å². The van der Waals surface area contributed by atoms with E-state index < -0.39 is 17.8 Å². The predicted molar refractivity (Wildman–Crippen MR) is 118 cm³/mol. The molecule has 2 N–H and O–H groups in total. The maximum atomic E-state index is 13.7. The number of halogens is 3. The second kappa shape index (κ2) is 8.03. The van der Waals surface area contributed by atoms with Crippen LogP contribution in [0.3, 0.4) is 0 Å². The smallest absolute Gasteiger partial charge is 0.383 e. The van der Waals surface area contributed by atoms with Gasteiger partial charge in [-0.05, 0) is 62.3 Å². The molecule has 0 bridgehead atoms. The number of piperidine rings is 1. The largest absolute Gasteiger partial charge is 0.418 e. The summed E-state index contributed by atoms with van der Waals surface area (Å²) < 4.78 is 40.8. The molecular formula is C24H23F3N6O. The van der Waals surface area contributed by atoms with Crippen LogP contribution in [0.4, 0.5) is 19.0 Å². The van der Waals surface area contributed by atoms with Gasteiger partial charge in [-0.3, -0.25) is 4.79 Å². The summed E-state index contributed by atoms with van der Waals surface area (Å²) in [7, 11) is 0. The number of hydrogen-bond donors (Lipinski definition) is 1. The number of fused-ring (bicyclic) bond motifs is 1. The minimum Gasteiger partial charge on any atom is -0.383 e. The van der Waals surface area contributed by atoms with Crippen molar-refractivity contribution in [1.82, 2.24) is 24.8 Å². The van der Waals surface area contributed by atoms with Crippen LogP contribution < -0.4 is 5.73 Å². The zero-order valence-electron chi connectivity index (χ0n) is 18.7. The maximum Gasteiger partial charge on any atom is 0.418 e. The minimum absolute atomic E-state index is 0.0116. The Hall–Kier alpha value is -3.56. The van der Waals surface area contributed by atoms with Crippen LogP contribution in [0.15, 0.2) is 36.8 Å². The zero-order valence-corrected chi connectivity index (χ0v) is 18.7. The van der Waals surface area contributed by atoms with Gasteiger partial charge < -0.3 is 10.6 Å². The highest BCUT2D eigenvalue weighted by Crippen LogP contribution is 2.53. The van der Waals surface area contributed by atoms with Gasteiger partial charge in [0.1, 0.15) is 11.5 Å². The fraction of sp³-hybridized carbons (Fsp3) is 0.375. The number of rotatable bonds is 3. The number of likely N-dealkylation sites (tertiary alicyclic amines) is 1. The highest BCUT2D eigenvalue weighted by molar-refractivity contribution is 5.94. The molecule has 3 aromatic rings. The van der Waals surface area contributed by atoms with Crippen molar-refractivity contribution in [3.05, 3.63) is 64.9 Å². The number of nitrogen functional groups attached to an aromatic ring is 1. The average molecular weight is 468 g/mol. The summed E-state index contributed by atoms with van der Waals surface area (Å²) in [5, 5.41) is 0. The number of carbonyl (C=O) groups excluding carboxylic acids is 1. The van der Waals surface area contributed by atoms with E-state index in [2.05, 4.69) is 19.9 Å². The van der Waals surface area contributed by atoms with E-state index in [-0.39, 0.29) is 28.5 Å². The molecule has 176 valence electrons. The van der Waals surface area contributed by atoms with E-state index in [9.17, 15) is 18.0 Å². The van der Waals surface area contributed by atoms with Crippen molar-refractivity contribution < 1.29 is 18.0 Å². The Balaban J connectivity index is 1.56. The molecule has 0 radical (unpaired) electrons. The second-order valence-electron chi connectivity index (χ2n) is 9.01. The Labute approximate surface area is 194 Å². The molecular weight excluding hydrogens is 445 g/mol. The second-order valence-corrected chi connectivity index (χ2v) is 9.01. The third-order valence-corrected chi connectivity index (χ3v) is 6.72. The standard InChI is InChI=1S/C24H23F3N6O/c1-12-6-15(22-29-4-3-5-30-22)8-18(32-12)23(34)33-11-16-7-14(16)9-19(33)20-13(2)17(24(25,26)27)10-31-21(20)28/h3-6,8,10,14,16,19H,7,9,11H2,1-2H3,(H2,28,31). The van der Waals surface area contributed by atoms with E-state index in [0.29, 0.717) is 41.9 Å². The number of anilines is 1. The van der Waals surface area contributed by atoms with Gasteiger partial charge in [0.05, 0.1) is 11.6 Å². The zero-order chi connectivity index (χ0) is 24.2.